The summed E-state index contributed by atoms with van der Waals surface area (Å²) in [4.78, 5) is 16.8. The summed E-state index contributed by atoms with van der Waals surface area (Å²) in [6.07, 6.45) is 0.861. The predicted molar refractivity (Wildman–Crippen MR) is 85.3 cm³/mol. The van der Waals surface area contributed by atoms with E-state index in [1.54, 1.807) is 0 Å². The average molecular weight is 275 g/mol. The van der Waals surface area contributed by atoms with Gasteiger partial charge in [0.1, 0.15) is 5.78 Å². The summed E-state index contributed by atoms with van der Waals surface area (Å²) in [6.45, 7) is 2.04. The molecule has 0 spiro atoms. The molecular weight excluding hydrogens is 258 g/mol. The zero-order valence-corrected chi connectivity index (χ0v) is 12.0. The summed E-state index contributed by atoms with van der Waals surface area (Å²) < 4.78 is 0. The number of fused-ring (bicyclic) bond motifs is 1. The lowest BCUT2D eigenvalue weighted by molar-refractivity contribution is -0.117. The van der Waals surface area contributed by atoms with E-state index in [0.717, 1.165) is 27.7 Å². The molecule has 0 bridgehead atoms. The molecule has 0 radical (unpaired) electrons. The van der Waals surface area contributed by atoms with E-state index in [2.05, 4.69) is 4.98 Å². The molecule has 0 saturated heterocycles. The van der Waals surface area contributed by atoms with Gasteiger partial charge in [-0.05, 0) is 30.2 Å². The van der Waals surface area contributed by atoms with Crippen LogP contribution >= 0.6 is 0 Å². The second-order valence-electron chi connectivity index (χ2n) is 5.31. The molecule has 0 aliphatic heterocycles. The number of para-hydroxylation sites is 1. The summed E-state index contributed by atoms with van der Waals surface area (Å²) in [5, 5.41) is 1.10. The number of nitrogens with zero attached hydrogens (tertiary/aromatic N) is 1. The van der Waals surface area contributed by atoms with Crippen molar-refractivity contribution in [3.05, 3.63) is 77.5 Å². The Morgan fingerprint density at radius 1 is 0.905 bits per heavy atom. The van der Waals surface area contributed by atoms with E-state index in [4.69, 9.17) is 0 Å². The molecule has 1 aromatic heterocycles. The molecule has 0 amide bonds. The Hall–Kier alpha value is -2.48. The fourth-order valence-corrected chi connectivity index (χ4v) is 2.49. The second-order valence-corrected chi connectivity index (χ2v) is 5.31. The van der Waals surface area contributed by atoms with Gasteiger partial charge in [0, 0.05) is 23.9 Å². The minimum atomic E-state index is 0.201. The normalized spacial score (nSPS) is 10.7. The van der Waals surface area contributed by atoms with Crippen molar-refractivity contribution in [1.82, 2.24) is 4.98 Å². The number of hydrogen-bond donors (Lipinski definition) is 0. The fourth-order valence-electron chi connectivity index (χ4n) is 2.49. The number of ketones is 1. The number of aromatic nitrogens is 1. The van der Waals surface area contributed by atoms with Gasteiger partial charge < -0.3 is 0 Å². The van der Waals surface area contributed by atoms with Crippen molar-refractivity contribution in [1.29, 1.82) is 0 Å². The van der Waals surface area contributed by atoms with Gasteiger partial charge in [-0.15, -0.1) is 0 Å². The van der Waals surface area contributed by atoms with Crippen LogP contribution in [-0.2, 0) is 17.6 Å². The lowest BCUT2D eigenvalue weighted by Gasteiger charge is -2.05. The number of carbonyl (C=O) groups is 1. The van der Waals surface area contributed by atoms with Crippen LogP contribution < -0.4 is 0 Å². The third kappa shape index (κ3) is 3.16. The third-order valence-electron chi connectivity index (χ3n) is 3.68. The maximum absolute atomic E-state index is 12.2. The molecule has 0 aliphatic carbocycles. The Morgan fingerprint density at radius 3 is 2.52 bits per heavy atom. The molecular formula is C19H17NO. The average Bonchev–Trinajstić information content (AvgIpc) is 2.49. The first kappa shape index (κ1) is 13.5. The maximum Gasteiger partial charge on any atom is 0.143 e. The summed E-state index contributed by atoms with van der Waals surface area (Å²) >= 11 is 0. The number of aryl methyl sites for hydroxylation is 1. The highest BCUT2D eigenvalue weighted by molar-refractivity contribution is 5.84. The molecule has 0 N–H and O–H groups in total. The third-order valence-corrected chi connectivity index (χ3v) is 3.68. The number of benzene rings is 2. The quantitative estimate of drug-likeness (QED) is 0.723. The number of pyridine rings is 1. The van der Waals surface area contributed by atoms with Gasteiger partial charge in [0.25, 0.3) is 0 Å². The zero-order chi connectivity index (χ0) is 14.7. The lowest BCUT2D eigenvalue weighted by Crippen LogP contribution is -2.08. The van der Waals surface area contributed by atoms with E-state index in [1.807, 2.05) is 67.6 Å². The van der Waals surface area contributed by atoms with E-state index in [9.17, 15) is 4.79 Å². The van der Waals surface area contributed by atoms with E-state index >= 15 is 0 Å². The topological polar surface area (TPSA) is 30.0 Å². The molecule has 0 atom stereocenters. The molecule has 1 heterocycles. The Balaban J connectivity index is 1.75. The van der Waals surface area contributed by atoms with Gasteiger partial charge in [0.05, 0.1) is 5.52 Å². The lowest BCUT2D eigenvalue weighted by atomic mass is 10.0. The monoisotopic (exact) mass is 275 g/mol. The minimum absolute atomic E-state index is 0.201. The molecule has 3 aromatic rings. The Morgan fingerprint density at radius 2 is 1.67 bits per heavy atom. The molecule has 104 valence electrons. The summed E-state index contributed by atoms with van der Waals surface area (Å²) in [6, 6.07) is 20.0. The molecule has 0 aliphatic rings. The summed E-state index contributed by atoms with van der Waals surface area (Å²) in [5.41, 5.74) is 4.05. The van der Waals surface area contributed by atoms with Crippen LogP contribution in [0.3, 0.4) is 0 Å². The maximum atomic E-state index is 12.2. The zero-order valence-electron chi connectivity index (χ0n) is 12.0. The van der Waals surface area contributed by atoms with Crippen molar-refractivity contribution in [3.8, 4) is 0 Å². The Kier molecular flexibility index (Phi) is 3.78. The predicted octanol–water partition coefficient (Wildman–Crippen LogP) is 3.90. The smallest absolute Gasteiger partial charge is 0.143 e. The van der Waals surface area contributed by atoms with Crippen molar-refractivity contribution in [2.45, 2.75) is 19.8 Å². The van der Waals surface area contributed by atoms with Crippen LogP contribution in [0.25, 0.3) is 10.9 Å². The van der Waals surface area contributed by atoms with Crippen LogP contribution in [0.5, 0.6) is 0 Å². The van der Waals surface area contributed by atoms with E-state index < -0.39 is 0 Å². The van der Waals surface area contributed by atoms with Crippen molar-refractivity contribution in [2.24, 2.45) is 0 Å². The van der Waals surface area contributed by atoms with Gasteiger partial charge >= 0.3 is 0 Å². The van der Waals surface area contributed by atoms with Crippen LogP contribution in [0.15, 0.2) is 60.7 Å². The molecule has 3 rings (SSSR count). The van der Waals surface area contributed by atoms with Crippen molar-refractivity contribution < 1.29 is 4.79 Å². The molecule has 2 aromatic carbocycles. The highest BCUT2D eigenvalue weighted by atomic mass is 16.1. The van der Waals surface area contributed by atoms with E-state index in [-0.39, 0.29) is 5.78 Å². The first-order valence-corrected chi connectivity index (χ1v) is 7.13. The fraction of sp³-hybridized carbons (Fsp3) is 0.158. The highest BCUT2D eigenvalue weighted by Gasteiger charge is 2.08. The molecule has 2 heteroatoms. The van der Waals surface area contributed by atoms with Gasteiger partial charge in [-0.2, -0.15) is 0 Å². The van der Waals surface area contributed by atoms with Gasteiger partial charge in [0.15, 0.2) is 0 Å². The highest BCUT2D eigenvalue weighted by Crippen LogP contribution is 2.13. The van der Waals surface area contributed by atoms with Gasteiger partial charge in [-0.25, -0.2) is 0 Å². The molecule has 21 heavy (non-hydrogen) atoms. The standard InChI is InChI=1S/C19H17NO/c1-14-6-2-3-8-16(14)12-18(21)13-17-11-10-15-7-4-5-9-19(15)20-17/h2-11H,12-13H2,1H3. The summed E-state index contributed by atoms with van der Waals surface area (Å²) in [5.74, 6) is 0.201. The van der Waals surface area contributed by atoms with Crippen molar-refractivity contribution in [3.63, 3.8) is 0 Å². The van der Waals surface area contributed by atoms with Gasteiger partial charge in [0.2, 0.25) is 0 Å². The first-order chi connectivity index (χ1) is 10.2. The van der Waals surface area contributed by atoms with Crippen LogP contribution in [0.1, 0.15) is 16.8 Å². The summed E-state index contributed by atoms with van der Waals surface area (Å²) in [7, 11) is 0. The van der Waals surface area contributed by atoms with Crippen LogP contribution in [0.2, 0.25) is 0 Å². The molecule has 0 fully saturated rings. The van der Waals surface area contributed by atoms with Crippen LogP contribution in [0.4, 0.5) is 0 Å². The molecule has 0 saturated carbocycles. The SMILES string of the molecule is Cc1ccccc1CC(=O)Cc1ccc2ccccc2n1. The van der Waals surface area contributed by atoms with Gasteiger partial charge in [-0.1, -0.05) is 48.5 Å². The van der Waals surface area contributed by atoms with E-state index in [1.165, 1.54) is 0 Å². The van der Waals surface area contributed by atoms with E-state index in [0.29, 0.717) is 12.8 Å². The number of carbonyl (C=O) groups excluding carboxylic acids is 1. The Bertz CT molecular complexity index is 792. The number of rotatable bonds is 4. The largest absolute Gasteiger partial charge is 0.299 e. The second kappa shape index (κ2) is 5.88. The minimum Gasteiger partial charge on any atom is -0.299 e. The van der Waals surface area contributed by atoms with Crippen LogP contribution in [0, 0.1) is 6.92 Å². The number of hydrogen-bond acceptors (Lipinski definition) is 2. The Labute approximate surface area is 124 Å². The first-order valence-electron chi connectivity index (χ1n) is 7.13. The molecule has 0 unspecified atom stereocenters. The van der Waals surface area contributed by atoms with Crippen LogP contribution in [-0.4, -0.2) is 10.8 Å². The number of Topliss-reactive ketones (excluding diaryl/α,β-unsaturated/α-hetero) is 1. The van der Waals surface area contributed by atoms with Gasteiger partial charge in [-0.3, -0.25) is 9.78 Å². The molecule has 2 nitrogen and oxygen atoms in total. The van der Waals surface area contributed by atoms with Crippen molar-refractivity contribution >= 4 is 16.7 Å². The van der Waals surface area contributed by atoms with Crippen molar-refractivity contribution in [2.75, 3.05) is 0 Å².